The molecule has 10 heavy (non-hydrogen) atoms. The molecule has 0 rings (SSSR count). The van der Waals surface area contributed by atoms with Crippen LogP contribution in [0.2, 0.25) is 0 Å². The smallest absolute Gasteiger partial charge is 0.302 e. The summed E-state index contributed by atoms with van der Waals surface area (Å²) in [5.74, 6) is -0.485. The fraction of sp³-hybridized carbons (Fsp3) is 0.600. The SMILES string of the molecule is C=COCCCS(=O)(=O)F. The minimum Gasteiger partial charge on any atom is -0.502 e. The van der Waals surface area contributed by atoms with E-state index in [2.05, 4.69) is 11.3 Å². The van der Waals surface area contributed by atoms with Gasteiger partial charge in [0.2, 0.25) is 0 Å². The van der Waals surface area contributed by atoms with Crippen LogP contribution in [0.5, 0.6) is 0 Å². The van der Waals surface area contributed by atoms with Gasteiger partial charge in [0.05, 0.1) is 18.6 Å². The second-order valence-corrected chi connectivity index (χ2v) is 3.12. The van der Waals surface area contributed by atoms with E-state index in [9.17, 15) is 12.3 Å². The minimum absolute atomic E-state index is 0.158. The van der Waals surface area contributed by atoms with Crippen LogP contribution in [0.3, 0.4) is 0 Å². The highest BCUT2D eigenvalue weighted by molar-refractivity contribution is 7.86. The monoisotopic (exact) mass is 168 g/mol. The molecule has 60 valence electrons. The van der Waals surface area contributed by atoms with E-state index in [1.807, 2.05) is 0 Å². The van der Waals surface area contributed by atoms with Crippen molar-refractivity contribution < 1.29 is 17.0 Å². The summed E-state index contributed by atoms with van der Waals surface area (Å²) in [7, 11) is -4.32. The van der Waals surface area contributed by atoms with Crippen LogP contribution in [-0.2, 0) is 15.0 Å². The molecule has 0 saturated heterocycles. The zero-order valence-electron chi connectivity index (χ0n) is 5.42. The van der Waals surface area contributed by atoms with Crippen LogP contribution in [0.25, 0.3) is 0 Å². The highest BCUT2D eigenvalue weighted by Gasteiger charge is 2.04. The Morgan fingerprint density at radius 2 is 2.20 bits per heavy atom. The van der Waals surface area contributed by atoms with Crippen molar-refractivity contribution in [2.75, 3.05) is 12.4 Å². The van der Waals surface area contributed by atoms with Gasteiger partial charge in [-0.2, -0.15) is 8.42 Å². The number of rotatable bonds is 5. The summed E-state index contributed by atoms with van der Waals surface area (Å²) in [6, 6.07) is 0. The van der Waals surface area contributed by atoms with Crippen LogP contribution in [0.1, 0.15) is 6.42 Å². The molecule has 0 radical (unpaired) electrons. The fourth-order valence-corrected chi connectivity index (χ4v) is 0.861. The number of hydrogen-bond donors (Lipinski definition) is 0. The Morgan fingerprint density at radius 1 is 1.60 bits per heavy atom. The molecule has 0 amide bonds. The van der Waals surface area contributed by atoms with Gasteiger partial charge in [0.15, 0.2) is 0 Å². The zero-order chi connectivity index (χ0) is 8.04. The molecule has 0 aliphatic heterocycles. The van der Waals surface area contributed by atoms with Crippen LogP contribution in [-0.4, -0.2) is 20.8 Å². The Bertz CT molecular complexity index is 185. The second kappa shape index (κ2) is 4.27. The summed E-state index contributed by atoms with van der Waals surface area (Å²) in [5.41, 5.74) is 0. The molecule has 0 aliphatic rings. The first-order chi connectivity index (χ1) is 4.56. The lowest BCUT2D eigenvalue weighted by Crippen LogP contribution is -2.01. The molecule has 0 heterocycles. The van der Waals surface area contributed by atoms with Gasteiger partial charge in [-0.15, -0.1) is 3.89 Å². The molecule has 3 nitrogen and oxygen atoms in total. The highest BCUT2D eigenvalue weighted by Crippen LogP contribution is 1.94. The molecule has 0 aliphatic carbocycles. The Balaban J connectivity index is 3.29. The van der Waals surface area contributed by atoms with Crippen molar-refractivity contribution in [1.82, 2.24) is 0 Å². The topological polar surface area (TPSA) is 43.4 Å². The van der Waals surface area contributed by atoms with Gasteiger partial charge in [0.25, 0.3) is 0 Å². The molecule has 0 aromatic carbocycles. The predicted octanol–water partition coefficient (Wildman–Crippen LogP) is 0.836. The quantitative estimate of drug-likeness (QED) is 0.347. The van der Waals surface area contributed by atoms with Gasteiger partial charge < -0.3 is 4.74 Å². The maximum atomic E-state index is 11.7. The van der Waals surface area contributed by atoms with E-state index in [4.69, 9.17) is 0 Å². The summed E-state index contributed by atoms with van der Waals surface area (Å²) >= 11 is 0. The molecule has 0 aromatic heterocycles. The van der Waals surface area contributed by atoms with Crippen molar-refractivity contribution in [3.63, 3.8) is 0 Å². The molecule has 0 fully saturated rings. The summed E-state index contributed by atoms with van der Waals surface area (Å²) in [6.45, 7) is 3.42. The highest BCUT2D eigenvalue weighted by atomic mass is 32.3. The Kier molecular flexibility index (Phi) is 4.02. The third-order valence-electron chi connectivity index (χ3n) is 0.768. The predicted molar refractivity (Wildman–Crippen MR) is 35.7 cm³/mol. The molecule has 0 spiro atoms. The van der Waals surface area contributed by atoms with Gasteiger partial charge in [-0.1, -0.05) is 6.58 Å². The fourth-order valence-electron chi connectivity index (χ4n) is 0.398. The first-order valence-electron chi connectivity index (χ1n) is 2.71. The van der Waals surface area contributed by atoms with Gasteiger partial charge in [0, 0.05) is 0 Å². The molecule has 0 N–H and O–H groups in total. The third-order valence-corrected chi connectivity index (χ3v) is 1.54. The van der Waals surface area contributed by atoms with Crippen LogP contribution in [0.15, 0.2) is 12.8 Å². The van der Waals surface area contributed by atoms with Crippen LogP contribution in [0.4, 0.5) is 3.89 Å². The van der Waals surface area contributed by atoms with Gasteiger partial charge >= 0.3 is 10.2 Å². The minimum atomic E-state index is -4.32. The Labute approximate surface area is 59.7 Å². The summed E-state index contributed by atoms with van der Waals surface area (Å²) in [4.78, 5) is 0. The second-order valence-electron chi connectivity index (χ2n) is 1.63. The van der Waals surface area contributed by atoms with Gasteiger partial charge in [-0.25, -0.2) is 0 Å². The van der Waals surface area contributed by atoms with Crippen molar-refractivity contribution in [1.29, 1.82) is 0 Å². The number of ether oxygens (including phenoxy) is 1. The van der Waals surface area contributed by atoms with Crippen molar-refractivity contribution in [3.05, 3.63) is 12.8 Å². The Hall–Kier alpha value is -0.580. The maximum Gasteiger partial charge on any atom is 0.302 e. The largest absolute Gasteiger partial charge is 0.502 e. The first kappa shape index (κ1) is 9.42. The van der Waals surface area contributed by atoms with Crippen LogP contribution >= 0.6 is 0 Å². The summed E-state index contributed by atoms with van der Waals surface area (Å²) < 4.78 is 36.0. The lowest BCUT2D eigenvalue weighted by molar-refractivity contribution is 0.251. The molecule has 5 heteroatoms. The molecule has 0 saturated carbocycles. The molecular weight excluding hydrogens is 159 g/mol. The van der Waals surface area contributed by atoms with Gasteiger partial charge in [-0.05, 0) is 6.42 Å². The van der Waals surface area contributed by atoms with E-state index in [0.29, 0.717) is 0 Å². The van der Waals surface area contributed by atoms with Crippen LogP contribution < -0.4 is 0 Å². The number of halogens is 1. The Morgan fingerprint density at radius 3 is 2.60 bits per heavy atom. The third kappa shape index (κ3) is 7.42. The first-order valence-corrected chi connectivity index (χ1v) is 4.26. The lowest BCUT2D eigenvalue weighted by Gasteiger charge is -1.95. The molecule has 0 unspecified atom stereocenters. The average molecular weight is 168 g/mol. The number of hydrogen-bond acceptors (Lipinski definition) is 3. The van der Waals surface area contributed by atoms with E-state index >= 15 is 0 Å². The van der Waals surface area contributed by atoms with E-state index in [1.54, 1.807) is 0 Å². The lowest BCUT2D eigenvalue weighted by atomic mass is 10.5. The van der Waals surface area contributed by atoms with Crippen molar-refractivity contribution in [3.8, 4) is 0 Å². The van der Waals surface area contributed by atoms with Crippen molar-refractivity contribution in [2.24, 2.45) is 0 Å². The summed E-state index contributed by atoms with van der Waals surface area (Å²) in [5, 5.41) is 0. The summed E-state index contributed by atoms with van der Waals surface area (Å²) in [6.07, 6.45) is 1.34. The van der Waals surface area contributed by atoms with E-state index in [-0.39, 0.29) is 13.0 Å². The normalized spacial score (nSPS) is 10.9. The van der Waals surface area contributed by atoms with Crippen molar-refractivity contribution in [2.45, 2.75) is 6.42 Å². The maximum absolute atomic E-state index is 11.7. The van der Waals surface area contributed by atoms with Crippen molar-refractivity contribution >= 4 is 10.2 Å². The molecule has 0 bridgehead atoms. The van der Waals surface area contributed by atoms with E-state index in [1.165, 1.54) is 6.26 Å². The molecular formula is C5H9FO3S. The van der Waals surface area contributed by atoms with Gasteiger partial charge in [-0.3, -0.25) is 0 Å². The average Bonchev–Trinajstić information content (AvgIpc) is 1.78. The molecule has 0 atom stereocenters. The van der Waals surface area contributed by atoms with Crippen LogP contribution in [0, 0.1) is 0 Å². The van der Waals surface area contributed by atoms with E-state index < -0.39 is 16.0 Å². The van der Waals surface area contributed by atoms with E-state index in [0.717, 1.165) is 0 Å². The zero-order valence-corrected chi connectivity index (χ0v) is 6.23. The standard InChI is InChI=1S/C5H9FO3S/c1-2-9-4-3-5-10(6,7)8/h2H,1,3-5H2. The molecule has 0 aromatic rings. The van der Waals surface area contributed by atoms with Gasteiger partial charge in [0.1, 0.15) is 0 Å².